The number of hydrogen-bond donors (Lipinski definition) is 2. The Bertz CT molecular complexity index is 1390. The molecule has 8 heteroatoms. The Morgan fingerprint density at radius 3 is 1.29 bits per heavy atom. The molecule has 34 heavy (non-hydrogen) atoms. The molecule has 0 aromatic heterocycles. The molecule has 0 bridgehead atoms. The van der Waals surface area contributed by atoms with Gasteiger partial charge in [-0.2, -0.15) is 0 Å². The van der Waals surface area contributed by atoms with E-state index in [-0.39, 0.29) is 22.7 Å². The van der Waals surface area contributed by atoms with Gasteiger partial charge in [0.05, 0.1) is 43.9 Å². The van der Waals surface area contributed by atoms with Crippen molar-refractivity contribution in [2.24, 2.45) is 0 Å². The number of fused-ring (bicyclic) bond motifs is 2. The molecule has 0 radical (unpaired) electrons. The van der Waals surface area contributed by atoms with Crippen LogP contribution in [-0.4, -0.2) is 11.6 Å². The molecule has 0 unspecified atom stereocenters. The fourth-order valence-corrected chi connectivity index (χ4v) is 4.83. The molecular formula is C26H14Cl4N2O2. The van der Waals surface area contributed by atoms with E-state index >= 15 is 0 Å². The molecule has 4 nitrogen and oxygen atoms in total. The molecule has 1 aliphatic rings. The number of hydrogen-bond acceptors (Lipinski definition) is 4. The third kappa shape index (κ3) is 4.04. The summed E-state index contributed by atoms with van der Waals surface area (Å²) in [5.41, 5.74) is 3.25. The van der Waals surface area contributed by atoms with Gasteiger partial charge in [-0.05, 0) is 48.5 Å². The Kier molecular flexibility index (Phi) is 6.00. The van der Waals surface area contributed by atoms with Crippen molar-refractivity contribution < 1.29 is 9.59 Å². The highest BCUT2D eigenvalue weighted by molar-refractivity contribution is 6.37. The number of benzene rings is 4. The van der Waals surface area contributed by atoms with E-state index in [1.54, 1.807) is 72.8 Å². The zero-order valence-corrected chi connectivity index (χ0v) is 20.3. The van der Waals surface area contributed by atoms with Crippen LogP contribution in [0, 0.1) is 0 Å². The van der Waals surface area contributed by atoms with Crippen molar-refractivity contribution in [3.8, 4) is 0 Å². The fourth-order valence-electron chi connectivity index (χ4n) is 3.92. The molecular weight excluding hydrogens is 514 g/mol. The van der Waals surface area contributed by atoms with E-state index in [0.717, 1.165) is 0 Å². The van der Waals surface area contributed by atoms with Gasteiger partial charge in [-0.15, -0.1) is 0 Å². The summed E-state index contributed by atoms with van der Waals surface area (Å²) < 4.78 is 0. The third-order valence-electron chi connectivity index (χ3n) is 5.47. The predicted octanol–water partition coefficient (Wildman–Crippen LogP) is 8.56. The van der Waals surface area contributed by atoms with Crippen LogP contribution < -0.4 is 10.6 Å². The number of carbonyl (C=O) groups is 2. The number of halogens is 4. The molecule has 4 aromatic carbocycles. The predicted molar refractivity (Wildman–Crippen MR) is 139 cm³/mol. The van der Waals surface area contributed by atoms with E-state index in [4.69, 9.17) is 46.4 Å². The topological polar surface area (TPSA) is 58.2 Å². The summed E-state index contributed by atoms with van der Waals surface area (Å²) in [5.74, 6) is -0.549. The SMILES string of the molecule is O=C1c2cccc(Nc3ccc(Cl)cc3Cl)c2C(=O)c2cccc(Nc3ccc(Cl)cc3Cl)c21. The van der Waals surface area contributed by atoms with Crippen LogP contribution >= 0.6 is 46.4 Å². The third-order valence-corrected chi connectivity index (χ3v) is 6.57. The summed E-state index contributed by atoms with van der Waals surface area (Å²) in [5, 5.41) is 8.11. The van der Waals surface area contributed by atoms with E-state index in [1.165, 1.54) is 0 Å². The zero-order valence-electron chi connectivity index (χ0n) is 17.3. The maximum Gasteiger partial charge on any atom is 0.196 e. The largest absolute Gasteiger partial charge is 0.354 e. The van der Waals surface area contributed by atoms with Gasteiger partial charge < -0.3 is 10.6 Å². The average molecular weight is 528 g/mol. The number of nitrogens with one attached hydrogen (secondary N) is 2. The van der Waals surface area contributed by atoms with Crippen LogP contribution in [0.4, 0.5) is 22.7 Å². The van der Waals surface area contributed by atoms with Crippen LogP contribution in [0.1, 0.15) is 31.8 Å². The van der Waals surface area contributed by atoms with Crippen molar-refractivity contribution in [3.05, 3.63) is 115 Å². The van der Waals surface area contributed by atoms with Crippen molar-refractivity contribution in [2.75, 3.05) is 10.6 Å². The molecule has 2 N–H and O–H groups in total. The maximum atomic E-state index is 13.6. The quantitative estimate of drug-likeness (QED) is 0.246. The molecule has 5 rings (SSSR count). The normalized spacial score (nSPS) is 12.2. The molecule has 0 spiro atoms. The minimum Gasteiger partial charge on any atom is -0.354 e. The number of rotatable bonds is 4. The lowest BCUT2D eigenvalue weighted by Gasteiger charge is -2.23. The van der Waals surface area contributed by atoms with Crippen molar-refractivity contribution in [1.82, 2.24) is 0 Å². The lowest BCUT2D eigenvalue weighted by atomic mass is 9.82. The van der Waals surface area contributed by atoms with Crippen molar-refractivity contribution in [3.63, 3.8) is 0 Å². The molecule has 1 aliphatic carbocycles. The Balaban J connectivity index is 1.58. The zero-order chi connectivity index (χ0) is 24.0. The maximum absolute atomic E-state index is 13.6. The molecule has 0 saturated heterocycles. The summed E-state index contributed by atoms with van der Waals surface area (Å²) in [4.78, 5) is 27.2. The minimum absolute atomic E-state index is 0.274. The van der Waals surface area contributed by atoms with Gasteiger partial charge in [-0.1, -0.05) is 70.7 Å². The van der Waals surface area contributed by atoms with Crippen LogP contribution in [0.15, 0.2) is 72.8 Å². The van der Waals surface area contributed by atoms with Gasteiger partial charge in [-0.25, -0.2) is 0 Å². The van der Waals surface area contributed by atoms with Gasteiger partial charge in [0.2, 0.25) is 0 Å². The molecule has 0 atom stereocenters. The first-order chi connectivity index (χ1) is 16.3. The van der Waals surface area contributed by atoms with E-state index in [9.17, 15) is 9.59 Å². The van der Waals surface area contributed by atoms with Crippen molar-refractivity contribution in [2.45, 2.75) is 0 Å². The molecule has 4 aromatic rings. The first-order valence-corrected chi connectivity index (χ1v) is 11.6. The number of carbonyl (C=O) groups excluding carboxylic acids is 2. The van der Waals surface area contributed by atoms with Gasteiger partial charge in [-0.3, -0.25) is 9.59 Å². The molecule has 0 heterocycles. The van der Waals surface area contributed by atoms with Gasteiger partial charge in [0.15, 0.2) is 11.6 Å². The second kappa shape index (κ2) is 8.97. The molecule has 0 aliphatic heterocycles. The van der Waals surface area contributed by atoms with Gasteiger partial charge in [0.25, 0.3) is 0 Å². The van der Waals surface area contributed by atoms with Crippen LogP contribution in [0.2, 0.25) is 20.1 Å². The Morgan fingerprint density at radius 1 is 0.500 bits per heavy atom. The standard InChI is InChI=1S/C26H14Cl4N2O2/c27-13-7-9-19(17(29)11-13)31-21-5-1-3-15-23(21)26(34)16-4-2-6-22(24(16)25(15)33)32-20-10-8-14(28)12-18(20)30/h1-12,31-32H. The fraction of sp³-hybridized carbons (Fsp3) is 0. The van der Waals surface area contributed by atoms with E-state index in [2.05, 4.69) is 10.6 Å². The minimum atomic E-state index is -0.274. The van der Waals surface area contributed by atoms with E-state index in [1.807, 2.05) is 0 Å². The van der Waals surface area contributed by atoms with Crippen LogP contribution in [0.25, 0.3) is 0 Å². The van der Waals surface area contributed by atoms with Crippen LogP contribution in [-0.2, 0) is 0 Å². The Hall–Kier alpha value is -3.02. The van der Waals surface area contributed by atoms with Crippen molar-refractivity contribution >= 4 is 80.7 Å². The number of anilines is 4. The van der Waals surface area contributed by atoms with Gasteiger partial charge in [0.1, 0.15) is 0 Å². The molecule has 168 valence electrons. The van der Waals surface area contributed by atoms with Crippen molar-refractivity contribution in [1.29, 1.82) is 0 Å². The van der Waals surface area contributed by atoms with Crippen LogP contribution in [0.3, 0.4) is 0 Å². The Labute approximate surface area is 215 Å². The molecule has 0 saturated carbocycles. The second-order valence-electron chi connectivity index (χ2n) is 7.61. The highest BCUT2D eigenvalue weighted by atomic mass is 35.5. The summed E-state index contributed by atoms with van der Waals surface area (Å²) >= 11 is 24.6. The first-order valence-electron chi connectivity index (χ1n) is 10.1. The lowest BCUT2D eigenvalue weighted by Crippen LogP contribution is -2.23. The monoisotopic (exact) mass is 526 g/mol. The van der Waals surface area contributed by atoms with Gasteiger partial charge in [0, 0.05) is 21.2 Å². The highest BCUT2D eigenvalue weighted by Gasteiger charge is 2.33. The number of ketones is 2. The highest BCUT2D eigenvalue weighted by Crippen LogP contribution is 2.39. The average Bonchev–Trinajstić information content (AvgIpc) is 2.81. The second-order valence-corrected chi connectivity index (χ2v) is 9.30. The first kappa shape index (κ1) is 22.8. The van der Waals surface area contributed by atoms with E-state index in [0.29, 0.717) is 54.0 Å². The molecule has 0 fully saturated rings. The summed E-state index contributed by atoms with van der Waals surface area (Å²) in [6.07, 6.45) is 0. The summed E-state index contributed by atoms with van der Waals surface area (Å²) in [7, 11) is 0. The lowest BCUT2D eigenvalue weighted by molar-refractivity contribution is 0.0980. The van der Waals surface area contributed by atoms with Gasteiger partial charge >= 0.3 is 0 Å². The summed E-state index contributed by atoms with van der Waals surface area (Å²) in [6, 6.07) is 20.2. The Morgan fingerprint density at radius 2 is 0.912 bits per heavy atom. The summed E-state index contributed by atoms with van der Waals surface area (Å²) in [6.45, 7) is 0. The molecule has 0 amide bonds. The van der Waals surface area contributed by atoms with E-state index < -0.39 is 0 Å². The smallest absolute Gasteiger partial charge is 0.196 e. The van der Waals surface area contributed by atoms with Crippen LogP contribution in [0.5, 0.6) is 0 Å².